The molecule has 0 saturated carbocycles. The highest BCUT2D eigenvalue weighted by Gasteiger charge is 2.32. The van der Waals surface area contributed by atoms with Crippen LogP contribution in [-0.2, 0) is 16.2 Å². The lowest BCUT2D eigenvalue weighted by atomic mass is 10.1. The number of benzene rings is 2. The topological polar surface area (TPSA) is 55.4 Å². The largest absolute Gasteiger partial charge is 0.497 e. The molecule has 1 unspecified atom stereocenters. The predicted molar refractivity (Wildman–Crippen MR) is 87.8 cm³/mol. The third kappa shape index (κ3) is 4.73. The van der Waals surface area contributed by atoms with Crippen LogP contribution < -0.4 is 9.46 Å². The van der Waals surface area contributed by atoms with Crippen molar-refractivity contribution in [1.82, 2.24) is 4.72 Å². The minimum absolute atomic E-state index is 0.422. The third-order valence-corrected chi connectivity index (χ3v) is 5.16. The zero-order chi connectivity index (χ0) is 18.7. The molecule has 0 spiro atoms. The molecule has 0 aliphatic carbocycles. The Labute approximate surface area is 144 Å². The Morgan fingerprint density at radius 2 is 1.76 bits per heavy atom. The number of hydrogen-bond donors (Lipinski definition) is 1. The Kier molecular flexibility index (Phi) is 5.74. The normalized spacial score (nSPS) is 13.5. The molecule has 4 nitrogen and oxygen atoms in total. The first-order valence-electron chi connectivity index (χ1n) is 7.51. The molecule has 2 aromatic rings. The summed E-state index contributed by atoms with van der Waals surface area (Å²) >= 11 is 0. The molecule has 0 aliphatic rings. The molecule has 0 amide bonds. The summed E-state index contributed by atoms with van der Waals surface area (Å²) in [6, 6.07) is 9.91. The Balaban J connectivity index is 2.29. The Morgan fingerprint density at radius 3 is 2.28 bits per heavy atom. The van der Waals surface area contributed by atoms with Crippen molar-refractivity contribution in [2.24, 2.45) is 0 Å². The fraction of sp³-hybridized carbons (Fsp3) is 0.294. The second-order valence-corrected chi connectivity index (χ2v) is 7.09. The van der Waals surface area contributed by atoms with Crippen molar-refractivity contribution in [2.45, 2.75) is 30.5 Å². The van der Waals surface area contributed by atoms with Crippen LogP contribution in [-0.4, -0.2) is 15.5 Å². The molecular formula is C17H18F3NO3S. The fourth-order valence-electron chi connectivity index (χ4n) is 2.32. The first-order valence-corrected chi connectivity index (χ1v) is 8.99. The highest BCUT2D eigenvalue weighted by Crippen LogP contribution is 2.31. The first kappa shape index (κ1) is 19.3. The minimum atomic E-state index is -4.61. The van der Waals surface area contributed by atoms with Crippen molar-refractivity contribution in [2.75, 3.05) is 7.11 Å². The molecule has 8 heteroatoms. The maximum atomic E-state index is 12.8. The van der Waals surface area contributed by atoms with Crippen LogP contribution in [0.25, 0.3) is 0 Å². The number of sulfonamides is 1. The van der Waals surface area contributed by atoms with Crippen molar-refractivity contribution >= 4 is 10.0 Å². The monoisotopic (exact) mass is 373 g/mol. The molecule has 136 valence electrons. The van der Waals surface area contributed by atoms with Crippen LogP contribution in [0.2, 0.25) is 0 Å². The van der Waals surface area contributed by atoms with Gasteiger partial charge in [-0.15, -0.1) is 0 Å². The zero-order valence-electron chi connectivity index (χ0n) is 13.7. The summed E-state index contributed by atoms with van der Waals surface area (Å²) in [6.07, 6.45) is -4.17. The van der Waals surface area contributed by atoms with Gasteiger partial charge in [-0.05, 0) is 42.3 Å². The van der Waals surface area contributed by atoms with Crippen LogP contribution in [0.4, 0.5) is 13.2 Å². The van der Waals surface area contributed by atoms with E-state index < -0.39 is 32.7 Å². The summed E-state index contributed by atoms with van der Waals surface area (Å²) in [6.45, 7) is 1.78. The Bertz CT molecular complexity index is 818. The lowest BCUT2D eigenvalue weighted by Crippen LogP contribution is -2.28. The average molecular weight is 373 g/mol. The van der Waals surface area contributed by atoms with Crippen molar-refractivity contribution in [3.8, 4) is 5.75 Å². The number of nitrogens with one attached hydrogen (secondary N) is 1. The Hall–Kier alpha value is -2.06. The molecule has 0 saturated heterocycles. The van der Waals surface area contributed by atoms with Gasteiger partial charge in [-0.25, -0.2) is 13.1 Å². The smallest absolute Gasteiger partial charge is 0.416 e. The quantitative estimate of drug-likeness (QED) is 0.828. The molecule has 1 N–H and O–H groups in total. The van der Waals surface area contributed by atoms with Gasteiger partial charge < -0.3 is 4.74 Å². The average Bonchev–Trinajstić information content (AvgIpc) is 2.59. The lowest BCUT2D eigenvalue weighted by Gasteiger charge is -2.18. The van der Waals surface area contributed by atoms with Gasteiger partial charge in [-0.3, -0.25) is 0 Å². The van der Waals surface area contributed by atoms with E-state index in [1.54, 1.807) is 31.2 Å². The van der Waals surface area contributed by atoms with E-state index in [9.17, 15) is 21.6 Å². The predicted octanol–water partition coefficient (Wildman–Crippen LogP) is 4.14. The first-order chi connectivity index (χ1) is 11.7. The summed E-state index contributed by atoms with van der Waals surface area (Å²) < 4.78 is 70.8. The van der Waals surface area contributed by atoms with Crippen LogP contribution in [0.15, 0.2) is 53.4 Å². The van der Waals surface area contributed by atoms with Gasteiger partial charge in [-0.2, -0.15) is 13.2 Å². The summed E-state index contributed by atoms with van der Waals surface area (Å²) in [4.78, 5) is -0.422. The number of halogens is 3. The molecule has 1 atom stereocenters. The second-order valence-electron chi connectivity index (χ2n) is 5.38. The molecule has 0 heterocycles. The highest BCUT2D eigenvalue weighted by atomic mass is 32.2. The van der Waals surface area contributed by atoms with E-state index in [0.29, 0.717) is 23.8 Å². The highest BCUT2D eigenvalue weighted by molar-refractivity contribution is 7.89. The Morgan fingerprint density at radius 1 is 1.12 bits per heavy atom. The maximum absolute atomic E-state index is 12.8. The van der Waals surface area contributed by atoms with Gasteiger partial charge in [-0.1, -0.05) is 25.1 Å². The van der Waals surface area contributed by atoms with Crippen molar-refractivity contribution in [3.05, 3.63) is 59.7 Å². The SMILES string of the molecule is CCC(NS(=O)(=O)c1cccc(C(F)(F)F)c1)c1ccc(OC)cc1. The summed E-state index contributed by atoms with van der Waals surface area (Å²) in [5.74, 6) is 0.624. The van der Waals surface area contributed by atoms with Crippen LogP contribution in [0.3, 0.4) is 0 Å². The number of ether oxygens (including phenoxy) is 1. The van der Waals surface area contributed by atoms with Gasteiger partial charge in [0.15, 0.2) is 0 Å². The van der Waals surface area contributed by atoms with Crippen molar-refractivity contribution in [3.63, 3.8) is 0 Å². The molecule has 25 heavy (non-hydrogen) atoms. The molecule has 0 radical (unpaired) electrons. The van der Waals surface area contributed by atoms with E-state index in [1.165, 1.54) is 7.11 Å². The van der Waals surface area contributed by atoms with Gasteiger partial charge in [0, 0.05) is 6.04 Å². The molecule has 0 bridgehead atoms. The van der Waals surface area contributed by atoms with E-state index in [-0.39, 0.29) is 0 Å². The molecular weight excluding hydrogens is 355 g/mol. The van der Waals surface area contributed by atoms with Gasteiger partial charge >= 0.3 is 6.18 Å². The van der Waals surface area contributed by atoms with Crippen LogP contribution >= 0.6 is 0 Å². The van der Waals surface area contributed by atoms with E-state index in [1.807, 2.05) is 0 Å². The second kappa shape index (κ2) is 7.45. The van der Waals surface area contributed by atoms with Crippen LogP contribution in [0.5, 0.6) is 5.75 Å². The van der Waals surface area contributed by atoms with Crippen LogP contribution in [0.1, 0.15) is 30.5 Å². The van der Waals surface area contributed by atoms with Crippen molar-refractivity contribution in [1.29, 1.82) is 0 Å². The van der Waals surface area contributed by atoms with E-state index in [0.717, 1.165) is 18.2 Å². The fourth-order valence-corrected chi connectivity index (χ4v) is 3.67. The maximum Gasteiger partial charge on any atom is 0.416 e. The van der Waals surface area contributed by atoms with Gasteiger partial charge in [0.05, 0.1) is 17.6 Å². The third-order valence-electron chi connectivity index (χ3n) is 3.70. The summed E-state index contributed by atoms with van der Waals surface area (Å²) in [7, 11) is -2.58. The standard InChI is InChI=1S/C17H18F3NO3S/c1-3-16(12-7-9-14(24-2)10-8-12)21-25(22,23)15-6-4-5-13(11-15)17(18,19)20/h4-11,16,21H,3H2,1-2H3. The van der Waals surface area contributed by atoms with E-state index >= 15 is 0 Å². The molecule has 0 aromatic heterocycles. The molecule has 0 fully saturated rings. The van der Waals surface area contributed by atoms with Crippen molar-refractivity contribution < 1.29 is 26.3 Å². The van der Waals surface area contributed by atoms with Crippen LogP contribution in [0, 0.1) is 0 Å². The molecule has 2 rings (SSSR count). The zero-order valence-corrected chi connectivity index (χ0v) is 14.5. The number of methoxy groups -OCH3 is 1. The summed E-state index contributed by atoms with van der Waals surface area (Å²) in [5.41, 5.74) is -0.313. The van der Waals surface area contributed by atoms with Gasteiger partial charge in [0.25, 0.3) is 0 Å². The number of hydrogen-bond acceptors (Lipinski definition) is 3. The minimum Gasteiger partial charge on any atom is -0.497 e. The molecule has 0 aliphatic heterocycles. The van der Waals surface area contributed by atoms with E-state index in [4.69, 9.17) is 4.74 Å². The van der Waals surface area contributed by atoms with Gasteiger partial charge in [0.2, 0.25) is 10.0 Å². The van der Waals surface area contributed by atoms with Gasteiger partial charge in [0.1, 0.15) is 5.75 Å². The summed E-state index contributed by atoms with van der Waals surface area (Å²) in [5, 5.41) is 0. The number of rotatable bonds is 6. The molecule has 2 aromatic carbocycles. The lowest BCUT2D eigenvalue weighted by molar-refractivity contribution is -0.137. The number of alkyl halides is 3. The van der Waals surface area contributed by atoms with E-state index in [2.05, 4.69) is 4.72 Å².